The second kappa shape index (κ2) is 8.50. The lowest BCUT2D eigenvalue weighted by molar-refractivity contribution is -0.0329. The van der Waals surface area contributed by atoms with Gasteiger partial charge in [0.25, 0.3) is 0 Å². The van der Waals surface area contributed by atoms with Gasteiger partial charge in [-0.25, -0.2) is 24.0 Å². The Labute approximate surface area is 183 Å². The Kier molecular flexibility index (Phi) is 5.93. The molecule has 0 aliphatic carbocycles. The van der Waals surface area contributed by atoms with Crippen molar-refractivity contribution in [3.8, 4) is 17.3 Å². The molecule has 0 amide bonds. The van der Waals surface area contributed by atoms with Gasteiger partial charge >= 0.3 is 5.51 Å². The van der Waals surface area contributed by atoms with Gasteiger partial charge in [0.15, 0.2) is 11.6 Å². The van der Waals surface area contributed by atoms with Gasteiger partial charge in [0.1, 0.15) is 17.4 Å². The number of nitrogens with zero attached hydrogens (tertiary/aromatic N) is 6. The molecule has 0 atom stereocenters. The number of fused-ring (bicyclic) bond motifs is 1. The fraction of sp³-hybridized carbons (Fsp3) is 0.263. The molecule has 0 bridgehead atoms. The first-order chi connectivity index (χ1) is 14.8. The zero-order valence-corrected chi connectivity index (χ0v) is 18.0. The minimum absolute atomic E-state index is 0.176. The first kappa shape index (κ1) is 21.6. The molecule has 0 unspecified atom stereocenters. The minimum Gasteiger partial charge on any atom is -0.324 e. The van der Waals surface area contributed by atoms with E-state index in [0.29, 0.717) is 34.1 Å². The molecule has 0 aliphatic rings. The standard InChI is InChI=1S/C19H16F4N6S2/c1-3-30-14-4-5-15(29-7-6-11(9-20)27-29)26-17(14)18-25-12-8-16(31-19(21,22)23)24-10-13(12)28(18)2/h4-8,10H,3,9H2,1-2H3. The highest BCUT2D eigenvalue weighted by molar-refractivity contribution is 8.00. The predicted molar refractivity (Wildman–Crippen MR) is 112 cm³/mol. The molecule has 4 heterocycles. The van der Waals surface area contributed by atoms with Gasteiger partial charge < -0.3 is 4.57 Å². The number of thioether (sulfide) groups is 2. The van der Waals surface area contributed by atoms with E-state index < -0.39 is 12.2 Å². The van der Waals surface area contributed by atoms with Crippen LogP contribution in [0.15, 0.2) is 46.6 Å². The van der Waals surface area contributed by atoms with Crippen molar-refractivity contribution in [3.05, 3.63) is 42.4 Å². The van der Waals surface area contributed by atoms with E-state index in [-0.39, 0.29) is 16.8 Å². The molecule has 0 saturated carbocycles. The largest absolute Gasteiger partial charge is 0.447 e. The van der Waals surface area contributed by atoms with E-state index in [2.05, 4.69) is 20.1 Å². The van der Waals surface area contributed by atoms with E-state index in [9.17, 15) is 17.6 Å². The van der Waals surface area contributed by atoms with Gasteiger partial charge in [-0.3, -0.25) is 0 Å². The maximum atomic E-state index is 12.9. The normalized spacial score (nSPS) is 12.1. The summed E-state index contributed by atoms with van der Waals surface area (Å²) in [6.45, 7) is 1.32. The maximum absolute atomic E-state index is 12.9. The molecule has 4 rings (SSSR count). The summed E-state index contributed by atoms with van der Waals surface area (Å²) in [7, 11) is 1.76. The quantitative estimate of drug-likeness (QED) is 0.279. The number of halogens is 4. The minimum atomic E-state index is -4.43. The van der Waals surface area contributed by atoms with Gasteiger partial charge in [-0.2, -0.15) is 18.3 Å². The zero-order chi connectivity index (χ0) is 22.2. The van der Waals surface area contributed by atoms with Crippen molar-refractivity contribution in [2.24, 2.45) is 7.05 Å². The van der Waals surface area contributed by atoms with Crippen LogP contribution in [0, 0.1) is 0 Å². The summed E-state index contributed by atoms with van der Waals surface area (Å²) in [5.41, 5.74) is -2.61. The van der Waals surface area contributed by atoms with E-state index in [0.717, 1.165) is 10.6 Å². The van der Waals surface area contributed by atoms with Crippen molar-refractivity contribution >= 4 is 34.6 Å². The number of imidazole rings is 1. The van der Waals surface area contributed by atoms with Crippen molar-refractivity contribution in [2.45, 2.75) is 29.0 Å². The highest BCUT2D eigenvalue weighted by Gasteiger charge is 2.30. The molecule has 0 radical (unpaired) electrons. The van der Waals surface area contributed by atoms with Crippen molar-refractivity contribution in [2.75, 3.05) is 5.75 Å². The van der Waals surface area contributed by atoms with Gasteiger partial charge in [-0.05, 0) is 30.0 Å². The highest BCUT2D eigenvalue weighted by atomic mass is 32.2. The highest BCUT2D eigenvalue weighted by Crippen LogP contribution is 2.37. The third kappa shape index (κ3) is 4.54. The molecule has 4 aromatic rings. The Balaban J connectivity index is 1.82. The average Bonchev–Trinajstić information content (AvgIpc) is 3.32. The van der Waals surface area contributed by atoms with Gasteiger partial charge in [0.05, 0.1) is 22.9 Å². The van der Waals surface area contributed by atoms with Crippen LogP contribution in [-0.4, -0.2) is 40.6 Å². The first-order valence-corrected chi connectivity index (χ1v) is 10.9. The summed E-state index contributed by atoms with van der Waals surface area (Å²) >= 11 is 1.29. The maximum Gasteiger partial charge on any atom is 0.447 e. The van der Waals surface area contributed by atoms with Crippen LogP contribution in [0.25, 0.3) is 28.4 Å². The SMILES string of the molecule is CCSc1ccc(-n2ccc(CF)n2)nc1-c1nc2cc(SC(F)(F)F)ncc2n1C. The molecule has 0 aromatic carbocycles. The van der Waals surface area contributed by atoms with E-state index in [1.807, 2.05) is 13.0 Å². The lowest BCUT2D eigenvalue weighted by Gasteiger charge is -2.10. The van der Waals surface area contributed by atoms with Gasteiger partial charge in [0, 0.05) is 29.9 Å². The number of rotatable bonds is 6. The van der Waals surface area contributed by atoms with Gasteiger partial charge in [-0.15, -0.1) is 11.8 Å². The van der Waals surface area contributed by atoms with Crippen LogP contribution in [0.5, 0.6) is 0 Å². The second-order valence-corrected chi connectivity index (χ2v) is 8.78. The number of aryl methyl sites for hydroxylation is 1. The summed E-state index contributed by atoms with van der Waals surface area (Å²) in [4.78, 5) is 14.0. The summed E-state index contributed by atoms with van der Waals surface area (Å²) in [6, 6.07) is 6.54. The second-order valence-electron chi connectivity index (χ2n) is 6.39. The molecule has 12 heteroatoms. The van der Waals surface area contributed by atoms with Crippen LogP contribution in [0.1, 0.15) is 12.6 Å². The molecule has 31 heavy (non-hydrogen) atoms. The third-order valence-electron chi connectivity index (χ3n) is 4.33. The Morgan fingerprint density at radius 3 is 2.61 bits per heavy atom. The molecule has 0 saturated heterocycles. The molecule has 0 fully saturated rings. The molecule has 4 aromatic heterocycles. The summed E-state index contributed by atoms with van der Waals surface area (Å²) < 4.78 is 54.2. The van der Waals surface area contributed by atoms with Crippen molar-refractivity contribution < 1.29 is 17.6 Å². The van der Waals surface area contributed by atoms with Crippen LogP contribution >= 0.6 is 23.5 Å². The van der Waals surface area contributed by atoms with Crippen molar-refractivity contribution in [3.63, 3.8) is 0 Å². The zero-order valence-electron chi connectivity index (χ0n) is 16.4. The van der Waals surface area contributed by atoms with E-state index in [1.54, 1.807) is 41.7 Å². The number of alkyl halides is 4. The Morgan fingerprint density at radius 2 is 1.94 bits per heavy atom. The molecule has 0 N–H and O–H groups in total. The lowest BCUT2D eigenvalue weighted by atomic mass is 10.3. The number of pyridine rings is 2. The average molecular weight is 469 g/mol. The summed E-state index contributed by atoms with van der Waals surface area (Å²) in [6.07, 6.45) is 2.99. The lowest BCUT2D eigenvalue weighted by Crippen LogP contribution is -2.03. The fourth-order valence-corrected chi connectivity index (χ4v) is 4.27. The Morgan fingerprint density at radius 1 is 1.13 bits per heavy atom. The molecule has 6 nitrogen and oxygen atoms in total. The van der Waals surface area contributed by atoms with E-state index in [1.165, 1.54) is 16.9 Å². The first-order valence-electron chi connectivity index (χ1n) is 9.12. The number of hydrogen-bond donors (Lipinski definition) is 0. The molecule has 162 valence electrons. The molecule has 0 aliphatic heterocycles. The smallest absolute Gasteiger partial charge is 0.324 e. The predicted octanol–water partition coefficient (Wildman–Crippen LogP) is 5.41. The van der Waals surface area contributed by atoms with Crippen LogP contribution in [0.2, 0.25) is 0 Å². The number of aromatic nitrogens is 6. The molecular weight excluding hydrogens is 452 g/mol. The summed E-state index contributed by atoms with van der Waals surface area (Å²) in [5.74, 6) is 1.76. The third-order valence-corrected chi connectivity index (χ3v) is 5.93. The number of hydrogen-bond acceptors (Lipinski definition) is 6. The fourth-order valence-electron chi connectivity index (χ4n) is 3.01. The Bertz CT molecular complexity index is 1230. The molecular formula is C19H16F4N6S2. The van der Waals surface area contributed by atoms with Crippen LogP contribution in [-0.2, 0) is 13.7 Å². The van der Waals surface area contributed by atoms with Gasteiger partial charge in [-0.1, -0.05) is 6.92 Å². The monoisotopic (exact) mass is 468 g/mol. The van der Waals surface area contributed by atoms with Crippen LogP contribution in [0.4, 0.5) is 17.6 Å². The van der Waals surface area contributed by atoms with E-state index >= 15 is 0 Å². The molecule has 0 spiro atoms. The van der Waals surface area contributed by atoms with Crippen molar-refractivity contribution in [1.29, 1.82) is 0 Å². The van der Waals surface area contributed by atoms with Crippen LogP contribution < -0.4 is 0 Å². The van der Waals surface area contributed by atoms with Crippen LogP contribution in [0.3, 0.4) is 0 Å². The summed E-state index contributed by atoms with van der Waals surface area (Å²) in [5, 5.41) is 3.97. The van der Waals surface area contributed by atoms with Crippen molar-refractivity contribution in [1.82, 2.24) is 29.3 Å². The Hall–Kier alpha value is -2.60. The van der Waals surface area contributed by atoms with Gasteiger partial charge in [0.2, 0.25) is 0 Å². The topological polar surface area (TPSA) is 61.4 Å². The van der Waals surface area contributed by atoms with E-state index in [4.69, 9.17) is 0 Å².